The smallest absolute Gasteiger partial charge is 0.340 e. The average molecular weight is 425 g/mol. The molecule has 0 saturated heterocycles. The Morgan fingerprint density at radius 3 is 2.44 bits per heavy atom. The Morgan fingerprint density at radius 1 is 1.00 bits per heavy atom. The van der Waals surface area contributed by atoms with E-state index >= 15 is 0 Å². The maximum absolute atomic E-state index is 11.7. The van der Waals surface area contributed by atoms with Gasteiger partial charge in [0.25, 0.3) is 0 Å². The van der Waals surface area contributed by atoms with Crippen LogP contribution >= 0.6 is 0 Å². The van der Waals surface area contributed by atoms with Gasteiger partial charge in [0.05, 0.1) is 25.9 Å². The van der Waals surface area contributed by atoms with Crippen LogP contribution in [0.3, 0.4) is 0 Å². The number of fused-ring (bicyclic) bond motifs is 1. The van der Waals surface area contributed by atoms with Gasteiger partial charge in [0.15, 0.2) is 0 Å². The van der Waals surface area contributed by atoms with Crippen LogP contribution in [0, 0.1) is 11.3 Å². The second kappa shape index (κ2) is 8.70. The van der Waals surface area contributed by atoms with E-state index in [4.69, 9.17) is 19.2 Å². The molecule has 0 unspecified atom stereocenters. The summed E-state index contributed by atoms with van der Waals surface area (Å²) in [5.74, 6) is 0.364. The molecule has 0 aliphatic carbocycles. The van der Waals surface area contributed by atoms with Crippen molar-refractivity contribution in [2.75, 3.05) is 14.2 Å². The molecule has 0 aliphatic rings. The maximum atomic E-state index is 11.7. The average Bonchev–Trinajstić information content (AvgIpc) is 3.25. The Kier molecular flexibility index (Phi) is 5.65. The molecule has 0 aliphatic heterocycles. The van der Waals surface area contributed by atoms with Gasteiger partial charge in [-0.2, -0.15) is 5.26 Å². The quantitative estimate of drug-likeness (QED) is 0.389. The number of nitriles is 1. The topological polar surface area (TPSA) is 92.7 Å². The van der Waals surface area contributed by atoms with E-state index in [0.29, 0.717) is 22.6 Å². The monoisotopic (exact) mass is 425 g/mol. The van der Waals surface area contributed by atoms with Gasteiger partial charge in [0.2, 0.25) is 0 Å². The van der Waals surface area contributed by atoms with E-state index in [2.05, 4.69) is 6.07 Å². The molecule has 0 spiro atoms. The van der Waals surface area contributed by atoms with Gasteiger partial charge in [-0.3, -0.25) is 0 Å². The second-order valence-corrected chi connectivity index (χ2v) is 7.03. The van der Waals surface area contributed by atoms with Gasteiger partial charge >= 0.3 is 5.97 Å². The molecule has 6 nitrogen and oxygen atoms in total. The minimum atomic E-state index is -1.08. The zero-order valence-corrected chi connectivity index (χ0v) is 17.5. The third kappa shape index (κ3) is 4.05. The summed E-state index contributed by atoms with van der Waals surface area (Å²) in [5, 5.41) is 19.5. The fourth-order valence-corrected chi connectivity index (χ4v) is 3.45. The van der Waals surface area contributed by atoms with Gasteiger partial charge in [0.1, 0.15) is 28.4 Å². The van der Waals surface area contributed by atoms with Crippen molar-refractivity contribution in [2.24, 2.45) is 0 Å². The molecule has 4 aromatic rings. The molecule has 1 aromatic heterocycles. The number of furan rings is 1. The van der Waals surface area contributed by atoms with Gasteiger partial charge in [0, 0.05) is 17.0 Å². The molecule has 0 radical (unpaired) electrons. The van der Waals surface area contributed by atoms with Crippen molar-refractivity contribution >= 4 is 29.1 Å². The molecule has 1 N–H and O–H groups in total. The van der Waals surface area contributed by atoms with Crippen LogP contribution in [0.4, 0.5) is 0 Å². The molecule has 0 saturated carbocycles. The van der Waals surface area contributed by atoms with Crippen LogP contribution in [0.2, 0.25) is 0 Å². The number of carboxylic acids is 1. The molecule has 0 fully saturated rings. The van der Waals surface area contributed by atoms with Gasteiger partial charge in [-0.25, -0.2) is 4.79 Å². The van der Waals surface area contributed by atoms with Crippen molar-refractivity contribution in [1.82, 2.24) is 0 Å². The number of rotatable bonds is 6. The third-order valence-corrected chi connectivity index (χ3v) is 5.07. The Labute approximate surface area is 184 Å². The summed E-state index contributed by atoms with van der Waals surface area (Å²) in [5.41, 5.74) is 3.63. The number of hydrogen-bond donors (Lipinski definition) is 1. The molecule has 0 amide bonds. The Hall–Kier alpha value is -4.50. The van der Waals surface area contributed by atoms with Crippen molar-refractivity contribution in [2.45, 2.75) is 0 Å². The van der Waals surface area contributed by atoms with Gasteiger partial charge in [-0.15, -0.1) is 0 Å². The molecule has 0 atom stereocenters. The molecule has 158 valence electrons. The van der Waals surface area contributed by atoms with Crippen LogP contribution in [0.5, 0.6) is 11.5 Å². The lowest BCUT2D eigenvalue weighted by molar-refractivity contribution is 0.0693. The first kappa shape index (κ1) is 20.8. The molecule has 6 heteroatoms. The predicted octanol–water partition coefficient (Wildman–Crippen LogP) is 5.86. The molecular formula is C26H19NO5. The Morgan fingerprint density at radius 2 is 1.78 bits per heavy atom. The number of nitrogens with zero attached hydrogens (tertiary/aromatic N) is 1. The number of benzene rings is 3. The lowest BCUT2D eigenvalue weighted by Crippen LogP contribution is -2.04. The van der Waals surface area contributed by atoms with E-state index in [0.717, 1.165) is 22.1 Å². The van der Waals surface area contributed by atoms with Gasteiger partial charge < -0.3 is 19.0 Å². The number of carboxylic acid groups (broad SMARTS) is 1. The lowest BCUT2D eigenvalue weighted by Gasteiger charge is -2.11. The number of ether oxygens (including phenoxy) is 2. The molecule has 0 bridgehead atoms. The molecular weight excluding hydrogens is 406 g/mol. The van der Waals surface area contributed by atoms with Crippen molar-refractivity contribution in [3.63, 3.8) is 0 Å². The van der Waals surface area contributed by atoms with E-state index in [1.54, 1.807) is 36.4 Å². The van der Waals surface area contributed by atoms with E-state index in [-0.39, 0.29) is 11.3 Å². The summed E-state index contributed by atoms with van der Waals surface area (Å²) in [6.07, 6.45) is 3.54. The number of hydrogen-bond acceptors (Lipinski definition) is 5. The molecule has 4 rings (SSSR count). The highest BCUT2D eigenvalue weighted by Gasteiger charge is 2.17. The summed E-state index contributed by atoms with van der Waals surface area (Å²) >= 11 is 0. The first-order chi connectivity index (χ1) is 15.5. The molecule has 1 heterocycles. The van der Waals surface area contributed by atoms with E-state index in [1.165, 1.54) is 14.2 Å². The van der Waals surface area contributed by atoms with Crippen LogP contribution in [0.25, 0.3) is 34.4 Å². The lowest BCUT2D eigenvalue weighted by atomic mass is 10.0. The Balaban J connectivity index is 1.63. The van der Waals surface area contributed by atoms with Gasteiger partial charge in [-0.1, -0.05) is 36.4 Å². The van der Waals surface area contributed by atoms with Crippen molar-refractivity contribution in [1.29, 1.82) is 5.26 Å². The minimum absolute atomic E-state index is 0.0696. The SMILES string of the molecule is COc1cc(/C=C/c2ccc(-c3cc4cc(C#N)ccc4o3)cc2)c(C(=O)O)c(OC)c1. The van der Waals surface area contributed by atoms with Crippen molar-refractivity contribution in [3.8, 4) is 28.9 Å². The zero-order valence-electron chi connectivity index (χ0n) is 17.5. The first-order valence-electron chi connectivity index (χ1n) is 9.74. The highest BCUT2D eigenvalue weighted by atomic mass is 16.5. The number of aromatic carboxylic acids is 1. The van der Waals surface area contributed by atoms with E-state index in [9.17, 15) is 9.90 Å². The van der Waals surface area contributed by atoms with Crippen molar-refractivity contribution in [3.05, 3.63) is 82.9 Å². The normalized spacial score (nSPS) is 10.9. The first-order valence-corrected chi connectivity index (χ1v) is 9.74. The highest BCUT2D eigenvalue weighted by molar-refractivity contribution is 5.97. The second-order valence-electron chi connectivity index (χ2n) is 7.03. The summed E-state index contributed by atoms with van der Waals surface area (Å²) < 4.78 is 16.4. The molecule has 32 heavy (non-hydrogen) atoms. The van der Waals surface area contributed by atoms with Crippen LogP contribution in [-0.2, 0) is 0 Å². The summed E-state index contributed by atoms with van der Waals surface area (Å²) in [4.78, 5) is 11.7. The summed E-state index contributed by atoms with van der Waals surface area (Å²) in [6.45, 7) is 0. The van der Waals surface area contributed by atoms with E-state index < -0.39 is 5.97 Å². The maximum Gasteiger partial charge on any atom is 0.340 e. The largest absolute Gasteiger partial charge is 0.497 e. The standard InChI is InChI=1S/C26H19NO5/c1-30-21-12-19(25(26(28)29)24(14-21)31-2)9-5-16-3-7-18(8-4-16)23-13-20-11-17(15-27)6-10-22(20)32-23/h3-14H,1-2H3,(H,28,29)/b9-5+. The van der Waals surface area contributed by atoms with Crippen molar-refractivity contribution < 1.29 is 23.8 Å². The minimum Gasteiger partial charge on any atom is -0.497 e. The van der Waals surface area contributed by atoms with Crippen LogP contribution in [0.15, 0.2) is 65.1 Å². The molecule has 3 aromatic carbocycles. The van der Waals surface area contributed by atoms with Gasteiger partial charge in [-0.05, 0) is 41.5 Å². The van der Waals surface area contributed by atoms with Crippen LogP contribution in [0.1, 0.15) is 27.0 Å². The number of carbonyl (C=O) groups is 1. The number of methoxy groups -OCH3 is 2. The summed E-state index contributed by atoms with van der Waals surface area (Å²) in [6, 6.07) is 20.2. The summed E-state index contributed by atoms with van der Waals surface area (Å²) in [7, 11) is 2.94. The third-order valence-electron chi connectivity index (χ3n) is 5.07. The Bertz CT molecular complexity index is 1370. The fourth-order valence-electron chi connectivity index (χ4n) is 3.45. The zero-order chi connectivity index (χ0) is 22.7. The van der Waals surface area contributed by atoms with Crippen LogP contribution < -0.4 is 9.47 Å². The van der Waals surface area contributed by atoms with Crippen LogP contribution in [-0.4, -0.2) is 25.3 Å². The predicted molar refractivity (Wildman–Crippen MR) is 122 cm³/mol. The highest BCUT2D eigenvalue weighted by Crippen LogP contribution is 2.31. The fraction of sp³-hybridized carbons (Fsp3) is 0.0769. The van der Waals surface area contributed by atoms with E-state index in [1.807, 2.05) is 36.4 Å².